The number of carbonyl (C=O) groups excluding carboxylic acids is 2. The summed E-state index contributed by atoms with van der Waals surface area (Å²) >= 11 is 0. The lowest BCUT2D eigenvalue weighted by Gasteiger charge is -2.33. The van der Waals surface area contributed by atoms with E-state index >= 15 is 0 Å². The summed E-state index contributed by atoms with van der Waals surface area (Å²) in [6, 6.07) is 20.0. The van der Waals surface area contributed by atoms with Crippen molar-refractivity contribution < 1.29 is 22.7 Å². The van der Waals surface area contributed by atoms with Gasteiger partial charge in [-0.3, -0.25) is 13.9 Å². The summed E-state index contributed by atoms with van der Waals surface area (Å²) < 4.78 is 34.7. The summed E-state index contributed by atoms with van der Waals surface area (Å²) in [5.41, 5.74) is 3.11. The maximum atomic E-state index is 14.2. The van der Waals surface area contributed by atoms with Gasteiger partial charge in [0.25, 0.3) is 10.0 Å². The van der Waals surface area contributed by atoms with E-state index in [4.69, 9.17) is 4.74 Å². The standard InChI is InChI=1S/C33H43N3O5S/c1-7-26(6)34-33(38)31(8-2)35(22-27-12-10-11-25(5)21-27)32(37)23-36(28-15-17-29(18-16-28)41-9-3)42(39,40)30-19-13-24(4)14-20-30/h10-21,26,31H,7-9,22-23H2,1-6H3,(H,34,38)/t26-,31+/m0/s1. The van der Waals surface area contributed by atoms with Gasteiger partial charge in [-0.2, -0.15) is 0 Å². The van der Waals surface area contributed by atoms with Crippen molar-refractivity contribution in [2.24, 2.45) is 0 Å². The summed E-state index contributed by atoms with van der Waals surface area (Å²) in [7, 11) is -4.14. The van der Waals surface area contributed by atoms with Crippen LogP contribution in [0.2, 0.25) is 0 Å². The van der Waals surface area contributed by atoms with Gasteiger partial charge in [0.15, 0.2) is 0 Å². The maximum Gasteiger partial charge on any atom is 0.264 e. The predicted octanol–water partition coefficient (Wildman–Crippen LogP) is 5.62. The second-order valence-corrected chi connectivity index (χ2v) is 12.4. The molecule has 3 aromatic rings. The molecule has 0 aliphatic carbocycles. The number of nitrogens with zero attached hydrogens (tertiary/aromatic N) is 2. The van der Waals surface area contributed by atoms with Crippen LogP contribution in [0.25, 0.3) is 0 Å². The van der Waals surface area contributed by atoms with Crippen LogP contribution >= 0.6 is 0 Å². The van der Waals surface area contributed by atoms with Crippen LogP contribution in [0.1, 0.15) is 57.2 Å². The first-order valence-electron chi connectivity index (χ1n) is 14.5. The number of benzene rings is 3. The minimum absolute atomic E-state index is 0.0651. The third kappa shape index (κ3) is 8.35. The van der Waals surface area contributed by atoms with E-state index in [1.165, 1.54) is 17.0 Å². The van der Waals surface area contributed by atoms with Gasteiger partial charge in [-0.15, -0.1) is 0 Å². The van der Waals surface area contributed by atoms with E-state index in [9.17, 15) is 18.0 Å². The molecule has 0 aliphatic rings. The van der Waals surface area contributed by atoms with Crippen molar-refractivity contribution in [2.45, 2.75) is 77.9 Å². The first-order valence-corrected chi connectivity index (χ1v) is 15.9. The van der Waals surface area contributed by atoms with Gasteiger partial charge in [0.2, 0.25) is 11.8 Å². The smallest absolute Gasteiger partial charge is 0.264 e. The highest BCUT2D eigenvalue weighted by Gasteiger charge is 2.34. The van der Waals surface area contributed by atoms with Crippen molar-refractivity contribution >= 4 is 27.5 Å². The van der Waals surface area contributed by atoms with Gasteiger partial charge in [0.05, 0.1) is 17.2 Å². The zero-order valence-electron chi connectivity index (χ0n) is 25.5. The molecule has 0 heterocycles. The van der Waals surface area contributed by atoms with Crippen molar-refractivity contribution in [1.29, 1.82) is 0 Å². The van der Waals surface area contributed by atoms with Crippen LogP contribution in [0.3, 0.4) is 0 Å². The van der Waals surface area contributed by atoms with E-state index in [-0.39, 0.29) is 23.4 Å². The average molecular weight is 594 g/mol. The molecule has 0 saturated carbocycles. The van der Waals surface area contributed by atoms with E-state index in [1.54, 1.807) is 36.4 Å². The van der Waals surface area contributed by atoms with Gasteiger partial charge in [-0.05, 0) is 82.5 Å². The van der Waals surface area contributed by atoms with Crippen molar-refractivity contribution in [2.75, 3.05) is 17.5 Å². The number of amides is 2. The molecule has 1 N–H and O–H groups in total. The molecular weight excluding hydrogens is 550 g/mol. The Bertz CT molecular complexity index is 1440. The number of hydrogen-bond acceptors (Lipinski definition) is 5. The lowest BCUT2D eigenvalue weighted by atomic mass is 10.1. The highest BCUT2D eigenvalue weighted by molar-refractivity contribution is 7.92. The number of carbonyl (C=O) groups is 2. The minimum atomic E-state index is -4.14. The molecule has 0 aromatic heterocycles. The van der Waals surface area contributed by atoms with Crippen molar-refractivity contribution in [3.05, 3.63) is 89.5 Å². The number of rotatable bonds is 14. The number of nitrogens with one attached hydrogen (secondary N) is 1. The lowest BCUT2D eigenvalue weighted by molar-refractivity contribution is -0.140. The molecular formula is C33H43N3O5S. The third-order valence-corrected chi connectivity index (χ3v) is 8.93. The Morgan fingerprint density at radius 2 is 1.55 bits per heavy atom. The minimum Gasteiger partial charge on any atom is -0.494 e. The molecule has 0 bridgehead atoms. The Morgan fingerprint density at radius 3 is 2.12 bits per heavy atom. The monoisotopic (exact) mass is 593 g/mol. The van der Waals surface area contributed by atoms with Gasteiger partial charge in [0.1, 0.15) is 18.3 Å². The molecule has 2 amide bonds. The maximum absolute atomic E-state index is 14.2. The fourth-order valence-corrected chi connectivity index (χ4v) is 6.02. The second-order valence-electron chi connectivity index (χ2n) is 10.5. The largest absolute Gasteiger partial charge is 0.494 e. The van der Waals surface area contributed by atoms with Crippen molar-refractivity contribution in [3.63, 3.8) is 0 Å². The van der Waals surface area contributed by atoms with Crippen LogP contribution in [0.4, 0.5) is 5.69 Å². The van der Waals surface area contributed by atoms with Crippen LogP contribution in [0, 0.1) is 13.8 Å². The average Bonchev–Trinajstić information content (AvgIpc) is 2.96. The van der Waals surface area contributed by atoms with E-state index in [0.717, 1.165) is 27.4 Å². The number of anilines is 1. The number of ether oxygens (including phenoxy) is 1. The number of sulfonamides is 1. The van der Waals surface area contributed by atoms with E-state index in [1.807, 2.05) is 65.8 Å². The summed E-state index contributed by atoms with van der Waals surface area (Å²) in [5, 5.41) is 3.00. The Hall–Kier alpha value is -3.85. The first kappa shape index (κ1) is 32.7. The molecule has 0 aliphatic heterocycles. The molecule has 8 nitrogen and oxygen atoms in total. The molecule has 3 aromatic carbocycles. The summed E-state index contributed by atoms with van der Waals surface area (Å²) in [5.74, 6) is -0.150. The highest BCUT2D eigenvalue weighted by Crippen LogP contribution is 2.27. The van der Waals surface area contributed by atoms with Crippen molar-refractivity contribution in [3.8, 4) is 5.75 Å². The third-order valence-electron chi connectivity index (χ3n) is 7.15. The molecule has 9 heteroatoms. The lowest BCUT2D eigenvalue weighted by Crippen LogP contribution is -2.53. The topological polar surface area (TPSA) is 96.0 Å². The van der Waals surface area contributed by atoms with Gasteiger partial charge in [-0.1, -0.05) is 61.4 Å². The van der Waals surface area contributed by atoms with Crippen molar-refractivity contribution in [1.82, 2.24) is 10.2 Å². The van der Waals surface area contributed by atoms with Gasteiger partial charge in [0, 0.05) is 12.6 Å². The van der Waals surface area contributed by atoms with Crippen LogP contribution in [-0.2, 0) is 26.2 Å². The molecule has 0 unspecified atom stereocenters. The summed E-state index contributed by atoms with van der Waals surface area (Å²) in [6.45, 7) is 11.6. The van der Waals surface area contributed by atoms with E-state index in [2.05, 4.69) is 5.32 Å². The number of hydrogen-bond donors (Lipinski definition) is 1. The first-order chi connectivity index (χ1) is 20.0. The number of aryl methyl sites for hydroxylation is 2. The molecule has 2 atom stereocenters. The normalized spacial score (nSPS) is 12.7. The zero-order chi connectivity index (χ0) is 30.9. The van der Waals surface area contributed by atoms with Gasteiger partial charge < -0.3 is 15.0 Å². The Balaban J connectivity index is 2.06. The highest BCUT2D eigenvalue weighted by atomic mass is 32.2. The van der Waals surface area contributed by atoms with E-state index < -0.39 is 28.5 Å². The quantitative estimate of drug-likeness (QED) is 0.262. The van der Waals surface area contributed by atoms with E-state index in [0.29, 0.717) is 24.5 Å². The Labute approximate surface area is 250 Å². The zero-order valence-corrected chi connectivity index (χ0v) is 26.3. The fourth-order valence-electron chi connectivity index (χ4n) is 4.61. The molecule has 226 valence electrons. The fraction of sp³-hybridized carbons (Fsp3) is 0.394. The molecule has 0 saturated heterocycles. The van der Waals surface area contributed by atoms with Gasteiger partial charge in [-0.25, -0.2) is 8.42 Å². The van der Waals surface area contributed by atoms with Crippen LogP contribution in [-0.4, -0.2) is 50.4 Å². The van der Waals surface area contributed by atoms with Crippen LogP contribution in [0.15, 0.2) is 77.7 Å². The van der Waals surface area contributed by atoms with Gasteiger partial charge >= 0.3 is 0 Å². The second kappa shape index (κ2) is 14.9. The molecule has 0 fully saturated rings. The predicted molar refractivity (Wildman–Crippen MR) is 167 cm³/mol. The molecule has 0 spiro atoms. The molecule has 3 rings (SSSR count). The Kier molecular flexibility index (Phi) is 11.6. The molecule has 0 radical (unpaired) electrons. The summed E-state index contributed by atoms with van der Waals surface area (Å²) in [6.07, 6.45) is 1.11. The van der Waals surface area contributed by atoms with Crippen LogP contribution in [0.5, 0.6) is 5.75 Å². The van der Waals surface area contributed by atoms with Crippen LogP contribution < -0.4 is 14.4 Å². The SMILES string of the molecule is CCOc1ccc(N(CC(=O)N(Cc2cccc(C)c2)[C@H](CC)C(=O)N[C@@H](C)CC)S(=O)(=O)c2ccc(C)cc2)cc1. The summed E-state index contributed by atoms with van der Waals surface area (Å²) in [4.78, 5) is 29.2. The molecule has 42 heavy (non-hydrogen) atoms. The Morgan fingerprint density at radius 1 is 0.881 bits per heavy atom.